The van der Waals surface area contributed by atoms with E-state index in [0.29, 0.717) is 18.9 Å². The predicted octanol–water partition coefficient (Wildman–Crippen LogP) is -0.607. The summed E-state index contributed by atoms with van der Waals surface area (Å²) < 4.78 is 22.5. The smallest absolute Gasteiger partial charge is 0.223 e. The lowest BCUT2D eigenvalue weighted by atomic mass is 9.88. The van der Waals surface area contributed by atoms with Crippen molar-refractivity contribution in [3.8, 4) is 0 Å². The van der Waals surface area contributed by atoms with Gasteiger partial charge >= 0.3 is 0 Å². The Hall–Kier alpha value is -0.620. The molecule has 2 fully saturated rings. The first-order valence-corrected chi connectivity index (χ1v) is 7.99. The lowest BCUT2D eigenvalue weighted by Gasteiger charge is -2.31. The third-order valence-electron chi connectivity index (χ3n) is 3.83. The van der Waals surface area contributed by atoms with E-state index in [-0.39, 0.29) is 29.2 Å². The van der Waals surface area contributed by atoms with Crippen LogP contribution in [0, 0.1) is 17.8 Å². The van der Waals surface area contributed by atoms with Crippen molar-refractivity contribution in [3.63, 3.8) is 0 Å². The molecule has 2 saturated heterocycles. The molecule has 6 heteroatoms. The zero-order chi connectivity index (χ0) is 12.5. The van der Waals surface area contributed by atoms with Gasteiger partial charge in [-0.25, -0.2) is 8.42 Å². The Morgan fingerprint density at radius 1 is 1.47 bits per heavy atom. The number of hydrogen-bond donors (Lipinski definition) is 2. The van der Waals surface area contributed by atoms with E-state index in [2.05, 4.69) is 10.6 Å². The molecule has 0 spiro atoms. The van der Waals surface area contributed by atoms with Crippen molar-refractivity contribution in [2.45, 2.75) is 13.3 Å². The monoisotopic (exact) mass is 260 g/mol. The molecule has 0 aromatic carbocycles. The number of amides is 1. The van der Waals surface area contributed by atoms with Gasteiger partial charge in [-0.05, 0) is 31.3 Å². The summed E-state index contributed by atoms with van der Waals surface area (Å²) in [6.07, 6.45) is 0.683. The van der Waals surface area contributed by atoms with Crippen LogP contribution in [0.1, 0.15) is 13.3 Å². The Bertz CT molecular complexity index is 390. The highest BCUT2D eigenvalue weighted by atomic mass is 32.2. The predicted molar refractivity (Wildman–Crippen MR) is 65.3 cm³/mol. The molecule has 2 rings (SSSR count). The molecule has 2 N–H and O–H groups in total. The van der Waals surface area contributed by atoms with Crippen molar-refractivity contribution < 1.29 is 13.2 Å². The summed E-state index contributed by atoms with van der Waals surface area (Å²) in [5.74, 6) is 1.12. The van der Waals surface area contributed by atoms with Crippen LogP contribution in [0.4, 0.5) is 0 Å². The van der Waals surface area contributed by atoms with Gasteiger partial charge in [0.1, 0.15) is 0 Å². The maximum absolute atomic E-state index is 11.8. The highest BCUT2D eigenvalue weighted by Crippen LogP contribution is 2.19. The summed E-state index contributed by atoms with van der Waals surface area (Å²) in [7, 11) is -2.83. The Morgan fingerprint density at radius 2 is 2.18 bits per heavy atom. The summed E-state index contributed by atoms with van der Waals surface area (Å²) in [4.78, 5) is 11.8. The molecule has 1 amide bonds. The summed E-state index contributed by atoms with van der Waals surface area (Å²) in [6.45, 7) is 4.26. The van der Waals surface area contributed by atoms with Gasteiger partial charge in [0.05, 0.1) is 11.5 Å². The molecule has 0 saturated carbocycles. The molecule has 0 radical (unpaired) electrons. The first-order chi connectivity index (χ1) is 7.98. The average Bonchev–Trinajstić information content (AvgIpc) is 2.52. The molecule has 5 nitrogen and oxygen atoms in total. The quantitative estimate of drug-likeness (QED) is 0.707. The van der Waals surface area contributed by atoms with E-state index in [1.54, 1.807) is 0 Å². The van der Waals surface area contributed by atoms with E-state index in [1.807, 2.05) is 6.92 Å². The summed E-state index contributed by atoms with van der Waals surface area (Å²) >= 11 is 0. The third-order valence-corrected chi connectivity index (χ3v) is 5.66. The fourth-order valence-electron chi connectivity index (χ4n) is 2.32. The van der Waals surface area contributed by atoms with E-state index >= 15 is 0 Å². The fraction of sp³-hybridized carbons (Fsp3) is 0.909. The molecular weight excluding hydrogens is 240 g/mol. The number of carbonyl (C=O) groups excluding carboxylic acids is 1. The maximum atomic E-state index is 11.8. The fourth-order valence-corrected chi connectivity index (χ4v) is 4.18. The summed E-state index contributed by atoms with van der Waals surface area (Å²) in [6, 6.07) is 0. The summed E-state index contributed by atoms with van der Waals surface area (Å²) in [5.41, 5.74) is 0. The second-order valence-corrected chi connectivity index (χ2v) is 7.45. The lowest BCUT2D eigenvalue weighted by Crippen LogP contribution is -2.50. The average molecular weight is 260 g/mol. The van der Waals surface area contributed by atoms with E-state index in [4.69, 9.17) is 0 Å². The normalized spacial score (nSPS) is 29.6. The van der Waals surface area contributed by atoms with Crippen molar-refractivity contribution in [1.82, 2.24) is 10.6 Å². The van der Waals surface area contributed by atoms with Gasteiger partial charge < -0.3 is 10.6 Å². The molecule has 0 aliphatic carbocycles. The van der Waals surface area contributed by atoms with Crippen molar-refractivity contribution in [1.29, 1.82) is 0 Å². The maximum Gasteiger partial charge on any atom is 0.223 e. The second-order valence-electron chi connectivity index (χ2n) is 5.22. The van der Waals surface area contributed by atoms with Crippen LogP contribution in [0.15, 0.2) is 0 Å². The molecule has 2 heterocycles. The molecule has 2 atom stereocenters. The first-order valence-electron chi connectivity index (χ1n) is 6.17. The van der Waals surface area contributed by atoms with Gasteiger partial charge in [-0.3, -0.25) is 4.79 Å². The van der Waals surface area contributed by atoms with Crippen LogP contribution in [0.3, 0.4) is 0 Å². The van der Waals surface area contributed by atoms with Crippen LogP contribution >= 0.6 is 0 Å². The molecule has 2 aliphatic rings. The molecule has 2 aliphatic heterocycles. The minimum absolute atomic E-state index is 0.0225. The van der Waals surface area contributed by atoms with Gasteiger partial charge in [0, 0.05) is 12.5 Å². The van der Waals surface area contributed by atoms with E-state index < -0.39 is 9.84 Å². The zero-order valence-electron chi connectivity index (χ0n) is 10.1. The van der Waals surface area contributed by atoms with Crippen LogP contribution in [0.5, 0.6) is 0 Å². The molecular formula is C11H20N2O3S. The molecule has 2 unspecified atom stereocenters. The van der Waals surface area contributed by atoms with Gasteiger partial charge in [-0.1, -0.05) is 6.92 Å². The van der Waals surface area contributed by atoms with Crippen molar-refractivity contribution >= 4 is 15.7 Å². The first kappa shape index (κ1) is 12.8. The minimum atomic E-state index is -2.83. The zero-order valence-corrected chi connectivity index (χ0v) is 10.9. The van der Waals surface area contributed by atoms with Crippen LogP contribution in [0.25, 0.3) is 0 Å². The summed E-state index contributed by atoms with van der Waals surface area (Å²) in [5, 5.41) is 6.03. The van der Waals surface area contributed by atoms with Gasteiger partial charge in [-0.15, -0.1) is 0 Å². The van der Waals surface area contributed by atoms with Gasteiger partial charge in [0.15, 0.2) is 9.84 Å². The van der Waals surface area contributed by atoms with Gasteiger partial charge in [0.25, 0.3) is 0 Å². The Morgan fingerprint density at radius 3 is 2.65 bits per heavy atom. The Kier molecular flexibility index (Phi) is 3.73. The number of rotatable bonds is 4. The molecule has 0 bridgehead atoms. The van der Waals surface area contributed by atoms with Gasteiger partial charge in [0.2, 0.25) is 5.91 Å². The molecule has 0 aromatic heterocycles. The van der Waals surface area contributed by atoms with Crippen molar-refractivity contribution in [2.24, 2.45) is 17.8 Å². The van der Waals surface area contributed by atoms with E-state index in [9.17, 15) is 13.2 Å². The van der Waals surface area contributed by atoms with E-state index in [1.165, 1.54) is 0 Å². The highest BCUT2D eigenvalue weighted by Gasteiger charge is 2.31. The molecule has 98 valence electrons. The van der Waals surface area contributed by atoms with Crippen molar-refractivity contribution in [3.05, 3.63) is 0 Å². The van der Waals surface area contributed by atoms with Gasteiger partial charge in [-0.2, -0.15) is 0 Å². The highest BCUT2D eigenvalue weighted by molar-refractivity contribution is 7.91. The topological polar surface area (TPSA) is 75.3 Å². The Balaban J connectivity index is 1.73. The standard InChI is InChI=1S/C11H20N2O3S/c1-8(10-5-12-6-10)11(14)13-4-9-2-3-17(15,16)7-9/h8-10,12H,2-7H2,1H3,(H,13,14). The largest absolute Gasteiger partial charge is 0.356 e. The van der Waals surface area contributed by atoms with Crippen LogP contribution in [0.2, 0.25) is 0 Å². The third kappa shape index (κ3) is 3.19. The number of carbonyl (C=O) groups is 1. The second kappa shape index (κ2) is 4.94. The van der Waals surface area contributed by atoms with Crippen LogP contribution in [-0.2, 0) is 14.6 Å². The Labute approximate surface area is 102 Å². The molecule has 17 heavy (non-hydrogen) atoms. The number of hydrogen-bond acceptors (Lipinski definition) is 4. The lowest BCUT2D eigenvalue weighted by molar-refractivity contribution is -0.126. The van der Waals surface area contributed by atoms with Crippen LogP contribution in [-0.4, -0.2) is 45.5 Å². The SMILES string of the molecule is CC(C(=O)NCC1CCS(=O)(=O)C1)C1CNC1. The number of nitrogens with one attached hydrogen (secondary N) is 2. The minimum Gasteiger partial charge on any atom is -0.356 e. The van der Waals surface area contributed by atoms with E-state index in [0.717, 1.165) is 13.1 Å². The molecule has 0 aromatic rings. The van der Waals surface area contributed by atoms with Crippen molar-refractivity contribution in [2.75, 3.05) is 31.1 Å². The van der Waals surface area contributed by atoms with Crippen LogP contribution < -0.4 is 10.6 Å². The number of sulfone groups is 1.